The van der Waals surface area contributed by atoms with Crippen LogP contribution in [0.25, 0.3) is 0 Å². The summed E-state index contributed by atoms with van der Waals surface area (Å²) in [6.45, 7) is 2.78. The third kappa shape index (κ3) is 3.67. The highest BCUT2D eigenvalue weighted by Gasteiger charge is 2.29. The van der Waals surface area contributed by atoms with E-state index in [1.807, 2.05) is 0 Å². The minimum Gasteiger partial charge on any atom is -0.338 e. The van der Waals surface area contributed by atoms with Gasteiger partial charge < -0.3 is 10.2 Å². The van der Waals surface area contributed by atoms with Crippen molar-refractivity contribution < 1.29 is 13.6 Å². The smallest absolute Gasteiger partial charge is 0.255 e. The molecule has 78 valence electrons. The van der Waals surface area contributed by atoms with Gasteiger partial charge in [0.15, 0.2) is 0 Å². The van der Waals surface area contributed by atoms with Gasteiger partial charge in [-0.2, -0.15) is 0 Å². The van der Waals surface area contributed by atoms with Crippen molar-refractivity contribution in [2.45, 2.75) is 25.8 Å². The largest absolute Gasteiger partial charge is 0.338 e. The molecule has 0 aromatic heterocycles. The van der Waals surface area contributed by atoms with Crippen LogP contribution in [0.3, 0.4) is 0 Å². The molecule has 0 saturated heterocycles. The van der Waals surface area contributed by atoms with Gasteiger partial charge in [0.05, 0.1) is 12.1 Å². The lowest BCUT2D eigenvalue weighted by molar-refractivity contribution is -0.137. The first-order chi connectivity index (χ1) is 5.81. The minimum absolute atomic E-state index is 0.338. The summed E-state index contributed by atoms with van der Waals surface area (Å²) in [5.41, 5.74) is -0.788. The number of carbonyl (C=O) groups excluding carboxylic acids is 1. The van der Waals surface area contributed by atoms with Gasteiger partial charge in [0, 0.05) is 7.05 Å². The second-order valence-electron chi connectivity index (χ2n) is 3.45. The van der Waals surface area contributed by atoms with Gasteiger partial charge in [0.1, 0.15) is 0 Å². The molecule has 5 heteroatoms. The first kappa shape index (κ1) is 12.3. The predicted octanol–water partition coefficient (Wildman–Crippen LogP) is 0.708. The van der Waals surface area contributed by atoms with Crippen molar-refractivity contribution in [2.24, 2.45) is 0 Å². The van der Waals surface area contributed by atoms with E-state index in [0.29, 0.717) is 0 Å². The van der Waals surface area contributed by atoms with Gasteiger partial charge in [-0.1, -0.05) is 0 Å². The lowest BCUT2D eigenvalue weighted by Crippen LogP contribution is -2.52. The maximum absolute atomic E-state index is 11.9. The van der Waals surface area contributed by atoms with E-state index >= 15 is 0 Å². The van der Waals surface area contributed by atoms with Crippen LogP contribution < -0.4 is 5.32 Å². The standard InChI is InChI=1S/C8H16F2N2O/c1-8(2,11-3)7(13)12(4)5-6(9)10/h6,11H,5H2,1-4H3. The lowest BCUT2D eigenvalue weighted by Gasteiger charge is -2.28. The zero-order valence-corrected chi connectivity index (χ0v) is 8.40. The minimum atomic E-state index is -2.48. The Morgan fingerprint density at radius 1 is 1.54 bits per heavy atom. The van der Waals surface area contributed by atoms with Crippen molar-refractivity contribution in [2.75, 3.05) is 20.6 Å². The molecule has 0 spiro atoms. The molecule has 0 aliphatic heterocycles. The monoisotopic (exact) mass is 194 g/mol. The fourth-order valence-corrected chi connectivity index (χ4v) is 0.874. The normalized spacial score (nSPS) is 11.9. The molecule has 0 fully saturated rings. The molecule has 0 radical (unpaired) electrons. The van der Waals surface area contributed by atoms with Gasteiger partial charge in [0.2, 0.25) is 5.91 Å². The molecule has 0 atom stereocenters. The first-order valence-corrected chi connectivity index (χ1v) is 4.04. The van der Waals surface area contributed by atoms with Gasteiger partial charge in [-0.15, -0.1) is 0 Å². The van der Waals surface area contributed by atoms with Crippen molar-refractivity contribution in [1.82, 2.24) is 10.2 Å². The molecule has 13 heavy (non-hydrogen) atoms. The number of halogens is 2. The SMILES string of the molecule is CNC(C)(C)C(=O)N(C)CC(F)F. The van der Waals surface area contributed by atoms with Crippen LogP contribution in [-0.2, 0) is 4.79 Å². The number of carbonyl (C=O) groups is 1. The highest BCUT2D eigenvalue weighted by Crippen LogP contribution is 2.07. The summed E-state index contributed by atoms with van der Waals surface area (Å²) in [6, 6.07) is 0. The number of hydrogen-bond acceptors (Lipinski definition) is 2. The lowest BCUT2D eigenvalue weighted by atomic mass is 10.0. The van der Waals surface area contributed by atoms with E-state index in [1.54, 1.807) is 20.9 Å². The molecular formula is C8H16F2N2O. The van der Waals surface area contributed by atoms with Crippen LogP contribution in [0.15, 0.2) is 0 Å². The van der Waals surface area contributed by atoms with E-state index in [-0.39, 0.29) is 5.91 Å². The second-order valence-corrected chi connectivity index (χ2v) is 3.45. The van der Waals surface area contributed by atoms with Crippen LogP contribution in [-0.4, -0.2) is 43.4 Å². The van der Waals surface area contributed by atoms with Gasteiger partial charge in [-0.25, -0.2) is 8.78 Å². The first-order valence-electron chi connectivity index (χ1n) is 4.04. The van der Waals surface area contributed by atoms with Crippen LogP contribution in [0.5, 0.6) is 0 Å². The maximum Gasteiger partial charge on any atom is 0.255 e. The van der Waals surface area contributed by atoms with E-state index in [0.717, 1.165) is 4.90 Å². The number of nitrogens with one attached hydrogen (secondary N) is 1. The maximum atomic E-state index is 11.9. The third-order valence-corrected chi connectivity index (χ3v) is 1.92. The van der Waals surface area contributed by atoms with Gasteiger partial charge >= 0.3 is 0 Å². The topological polar surface area (TPSA) is 32.3 Å². The molecule has 0 aliphatic rings. The van der Waals surface area contributed by atoms with Crippen LogP contribution in [0.4, 0.5) is 8.78 Å². The summed E-state index contributed by atoms with van der Waals surface area (Å²) in [6.07, 6.45) is -2.48. The Hall–Kier alpha value is -0.710. The highest BCUT2D eigenvalue weighted by molar-refractivity contribution is 5.85. The van der Waals surface area contributed by atoms with Crippen LogP contribution in [0.1, 0.15) is 13.8 Å². The molecule has 0 heterocycles. The zero-order chi connectivity index (χ0) is 10.6. The molecule has 1 N–H and O–H groups in total. The number of alkyl halides is 2. The van der Waals surface area contributed by atoms with Crippen molar-refractivity contribution in [1.29, 1.82) is 0 Å². The van der Waals surface area contributed by atoms with E-state index in [4.69, 9.17) is 0 Å². The molecule has 0 aromatic rings. The number of likely N-dealkylation sites (N-methyl/N-ethyl adjacent to an activating group) is 2. The summed E-state index contributed by atoms with van der Waals surface area (Å²) < 4.78 is 23.8. The molecule has 0 bridgehead atoms. The molecule has 1 amide bonds. The summed E-state index contributed by atoms with van der Waals surface area (Å²) in [7, 11) is 2.99. The number of rotatable bonds is 4. The zero-order valence-electron chi connectivity index (χ0n) is 8.40. The Morgan fingerprint density at radius 3 is 2.31 bits per heavy atom. The van der Waals surface area contributed by atoms with E-state index in [1.165, 1.54) is 7.05 Å². The Morgan fingerprint density at radius 2 is 2.00 bits per heavy atom. The number of hydrogen-bond donors (Lipinski definition) is 1. The second kappa shape index (κ2) is 4.50. The summed E-state index contributed by atoms with van der Waals surface area (Å²) in [4.78, 5) is 12.5. The fraction of sp³-hybridized carbons (Fsp3) is 0.875. The van der Waals surface area contributed by atoms with Crippen LogP contribution in [0.2, 0.25) is 0 Å². The molecule has 0 aromatic carbocycles. The van der Waals surface area contributed by atoms with Crippen molar-refractivity contribution in [3.05, 3.63) is 0 Å². The van der Waals surface area contributed by atoms with Gasteiger partial charge in [0.25, 0.3) is 6.43 Å². The average molecular weight is 194 g/mol. The third-order valence-electron chi connectivity index (χ3n) is 1.92. The predicted molar refractivity (Wildman–Crippen MR) is 46.8 cm³/mol. The molecule has 0 saturated carbocycles. The Kier molecular flexibility index (Phi) is 4.26. The average Bonchev–Trinajstić information content (AvgIpc) is 2.01. The quantitative estimate of drug-likeness (QED) is 0.714. The molecule has 0 aliphatic carbocycles. The fourth-order valence-electron chi connectivity index (χ4n) is 0.874. The van der Waals surface area contributed by atoms with Crippen LogP contribution >= 0.6 is 0 Å². The summed E-state index contributed by atoms with van der Waals surface area (Å²) in [5.74, 6) is -0.338. The number of nitrogens with zero attached hydrogens (tertiary/aromatic N) is 1. The van der Waals surface area contributed by atoms with E-state index in [9.17, 15) is 13.6 Å². The van der Waals surface area contributed by atoms with Crippen molar-refractivity contribution >= 4 is 5.91 Å². The molecule has 3 nitrogen and oxygen atoms in total. The Labute approximate surface area is 77.1 Å². The molecular weight excluding hydrogens is 178 g/mol. The van der Waals surface area contributed by atoms with Crippen molar-refractivity contribution in [3.63, 3.8) is 0 Å². The van der Waals surface area contributed by atoms with Crippen molar-refractivity contribution in [3.8, 4) is 0 Å². The molecule has 0 unspecified atom stereocenters. The van der Waals surface area contributed by atoms with E-state index < -0.39 is 18.5 Å². The Balaban J connectivity index is 4.25. The summed E-state index contributed by atoms with van der Waals surface area (Å²) >= 11 is 0. The number of amides is 1. The van der Waals surface area contributed by atoms with Crippen LogP contribution in [0, 0.1) is 0 Å². The van der Waals surface area contributed by atoms with E-state index in [2.05, 4.69) is 5.32 Å². The Bertz CT molecular complexity index is 183. The summed E-state index contributed by atoms with van der Waals surface area (Å²) in [5, 5.41) is 2.76. The molecule has 0 rings (SSSR count). The highest BCUT2D eigenvalue weighted by atomic mass is 19.3. The van der Waals surface area contributed by atoms with Gasteiger partial charge in [-0.3, -0.25) is 4.79 Å². The van der Waals surface area contributed by atoms with Gasteiger partial charge in [-0.05, 0) is 20.9 Å².